The van der Waals surface area contributed by atoms with Gasteiger partial charge >= 0.3 is 5.97 Å². The van der Waals surface area contributed by atoms with Crippen molar-refractivity contribution in [3.05, 3.63) is 68.0 Å². The molecular weight excluding hydrogens is 406 g/mol. The van der Waals surface area contributed by atoms with Crippen molar-refractivity contribution in [3.63, 3.8) is 0 Å². The fourth-order valence-electron chi connectivity index (χ4n) is 2.95. The number of carbonyl (C=O) groups is 2. The summed E-state index contributed by atoms with van der Waals surface area (Å²) in [5, 5.41) is 10.8. The summed E-state index contributed by atoms with van der Waals surface area (Å²) in [6, 6.07) is 9.77. The van der Waals surface area contributed by atoms with E-state index in [9.17, 15) is 19.7 Å². The Bertz CT molecular complexity index is 1190. The lowest BCUT2D eigenvalue weighted by Gasteiger charge is -2.06. The minimum atomic E-state index is -0.491. The van der Waals surface area contributed by atoms with Crippen molar-refractivity contribution in [1.82, 2.24) is 4.57 Å². The second kappa shape index (κ2) is 9.00. The van der Waals surface area contributed by atoms with Crippen LogP contribution in [0.1, 0.15) is 23.6 Å². The number of carbonyl (C=O) groups excluding carboxylic acids is 2. The molecule has 0 fully saturated rings. The Balaban J connectivity index is 1.97. The Morgan fingerprint density at radius 3 is 2.47 bits per heavy atom. The Hall–Kier alpha value is -3.33. The highest BCUT2D eigenvalue weighted by Crippen LogP contribution is 2.22. The first-order valence-electron chi connectivity index (χ1n) is 9.35. The first kappa shape index (κ1) is 21.4. The maximum Gasteiger partial charge on any atom is 0.326 e. The average molecular weight is 427 g/mol. The van der Waals surface area contributed by atoms with E-state index in [-0.39, 0.29) is 25.3 Å². The van der Waals surface area contributed by atoms with Gasteiger partial charge in [-0.3, -0.25) is 19.7 Å². The van der Waals surface area contributed by atoms with Crippen LogP contribution in [0.25, 0.3) is 10.2 Å². The molecule has 0 saturated heterocycles. The van der Waals surface area contributed by atoms with E-state index in [4.69, 9.17) is 4.74 Å². The number of nitro groups is 1. The van der Waals surface area contributed by atoms with Gasteiger partial charge in [0, 0.05) is 12.1 Å². The summed E-state index contributed by atoms with van der Waals surface area (Å²) in [6.07, 6.45) is 0.00367. The second-order valence-corrected chi connectivity index (χ2v) is 7.79. The smallest absolute Gasteiger partial charge is 0.326 e. The molecule has 0 aliphatic heterocycles. The van der Waals surface area contributed by atoms with Crippen molar-refractivity contribution in [1.29, 1.82) is 0 Å². The van der Waals surface area contributed by atoms with Crippen LogP contribution in [0.5, 0.6) is 0 Å². The summed E-state index contributed by atoms with van der Waals surface area (Å²) in [7, 11) is 0. The monoisotopic (exact) mass is 427 g/mol. The summed E-state index contributed by atoms with van der Waals surface area (Å²) in [4.78, 5) is 39.6. The Kier molecular flexibility index (Phi) is 6.41. The van der Waals surface area contributed by atoms with Gasteiger partial charge in [-0.1, -0.05) is 23.5 Å². The summed E-state index contributed by atoms with van der Waals surface area (Å²) < 4.78 is 7.68. The van der Waals surface area contributed by atoms with Crippen LogP contribution in [0, 0.1) is 24.0 Å². The molecule has 0 bridgehead atoms. The van der Waals surface area contributed by atoms with Gasteiger partial charge in [-0.2, -0.15) is 4.99 Å². The highest BCUT2D eigenvalue weighted by atomic mass is 32.1. The first-order valence-corrected chi connectivity index (χ1v) is 10.2. The first-order chi connectivity index (χ1) is 14.3. The number of nitrogens with zero attached hydrogens (tertiary/aromatic N) is 3. The molecule has 1 aromatic heterocycles. The van der Waals surface area contributed by atoms with Crippen molar-refractivity contribution >= 4 is 39.1 Å². The summed E-state index contributed by atoms with van der Waals surface area (Å²) >= 11 is 1.33. The van der Waals surface area contributed by atoms with Gasteiger partial charge in [0.1, 0.15) is 6.54 Å². The minimum absolute atomic E-state index is 0.00367. The van der Waals surface area contributed by atoms with Gasteiger partial charge in [0.25, 0.3) is 11.6 Å². The summed E-state index contributed by atoms with van der Waals surface area (Å²) in [5.41, 5.74) is 3.58. The van der Waals surface area contributed by atoms with E-state index in [1.165, 1.54) is 35.6 Å². The van der Waals surface area contributed by atoms with Crippen molar-refractivity contribution in [2.75, 3.05) is 6.61 Å². The summed E-state index contributed by atoms with van der Waals surface area (Å²) in [5.74, 6) is -0.804. The molecule has 30 heavy (non-hydrogen) atoms. The number of non-ortho nitro benzene ring substituents is 1. The third-order valence-corrected chi connectivity index (χ3v) is 5.65. The lowest BCUT2D eigenvalue weighted by Crippen LogP contribution is -2.23. The van der Waals surface area contributed by atoms with E-state index >= 15 is 0 Å². The molecule has 0 atom stereocenters. The zero-order valence-corrected chi connectivity index (χ0v) is 17.7. The fourth-order valence-corrected chi connectivity index (χ4v) is 4.08. The van der Waals surface area contributed by atoms with Crippen LogP contribution in [0.15, 0.2) is 41.4 Å². The molecule has 1 heterocycles. The zero-order chi connectivity index (χ0) is 21.8. The molecule has 0 aliphatic carbocycles. The average Bonchev–Trinajstić information content (AvgIpc) is 2.98. The normalized spacial score (nSPS) is 11.6. The number of benzene rings is 2. The van der Waals surface area contributed by atoms with E-state index < -0.39 is 16.8 Å². The standard InChI is InChI=1S/C21H21N3O5S/c1-4-29-20(26)12-23-17-9-13(2)14(3)10-18(17)30-21(23)22-19(25)11-15-5-7-16(8-6-15)24(27)28/h5-10H,4,11-12H2,1-3H3. The maximum atomic E-state index is 12.6. The van der Waals surface area contributed by atoms with Crippen LogP contribution in [0.4, 0.5) is 5.69 Å². The molecule has 0 spiro atoms. The second-order valence-electron chi connectivity index (χ2n) is 6.79. The van der Waals surface area contributed by atoms with Gasteiger partial charge in [-0.25, -0.2) is 0 Å². The Labute approximate surface area is 176 Å². The number of esters is 1. The lowest BCUT2D eigenvalue weighted by atomic mass is 10.1. The maximum absolute atomic E-state index is 12.6. The molecule has 0 aliphatic rings. The largest absolute Gasteiger partial charge is 0.465 e. The van der Waals surface area contributed by atoms with Gasteiger partial charge in [-0.15, -0.1) is 0 Å². The van der Waals surface area contributed by atoms with Gasteiger partial charge < -0.3 is 9.30 Å². The molecule has 0 unspecified atom stereocenters. The molecule has 9 heteroatoms. The number of aromatic nitrogens is 1. The van der Waals surface area contributed by atoms with Crippen LogP contribution < -0.4 is 4.80 Å². The lowest BCUT2D eigenvalue weighted by molar-refractivity contribution is -0.384. The van der Waals surface area contributed by atoms with Crippen LogP contribution in [-0.2, 0) is 27.3 Å². The topological polar surface area (TPSA) is 104 Å². The van der Waals surface area contributed by atoms with E-state index in [0.717, 1.165) is 21.3 Å². The van der Waals surface area contributed by atoms with Gasteiger partial charge in [-0.05, 0) is 49.6 Å². The molecule has 3 aromatic rings. The van der Waals surface area contributed by atoms with Crippen molar-refractivity contribution < 1.29 is 19.2 Å². The number of ether oxygens (including phenoxy) is 1. The number of hydrogen-bond acceptors (Lipinski definition) is 6. The zero-order valence-electron chi connectivity index (χ0n) is 16.9. The molecule has 1 amide bonds. The molecule has 0 saturated carbocycles. The quantitative estimate of drug-likeness (QED) is 0.340. The van der Waals surface area contributed by atoms with Crippen LogP contribution in [0.2, 0.25) is 0 Å². The van der Waals surface area contributed by atoms with E-state index in [2.05, 4.69) is 4.99 Å². The number of amides is 1. The van der Waals surface area contributed by atoms with Crippen LogP contribution >= 0.6 is 11.3 Å². The Morgan fingerprint density at radius 2 is 1.83 bits per heavy atom. The third kappa shape index (κ3) is 4.80. The summed E-state index contributed by atoms with van der Waals surface area (Å²) in [6.45, 7) is 5.95. The molecule has 0 radical (unpaired) electrons. The molecular formula is C21H21N3O5S. The fraction of sp³-hybridized carbons (Fsp3) is 0.286. The third-order valence-electron chi connectivity index (χ3n) is 4.61. The predicted octanol–water partition coefficient (Wildman–Crippen LogP) is 3.46. The van der Waals surface area contributed by atoms with Crippen LogP contribution in [-0.4, -0.2) is 28.0 Å². The number of rotatable bonds is 6. The number of nitro benzene ring substituents is 1. The number of thiazole rings is 1. The number of hydrogen-bond donors (Lipinski definition) is 0. The number of aryl methyl sites for hydroxylation is 2. The van der Waals surface area contributed by atoms with Crippen molar-refractivity contribution in [2.45, 2.75) is 33.7 Å². The molecule has 3 rings (SSSR count). The van der Waals surface area contributed by atoms with Crippen LogP contribution in [0.3, 0.4) is 0 Å². The molecule has 8 nitrogen and oxygen atoms in total. The minimum Gasteiger partial charge on any atom is -0.465 e. The van der Waals surface area contributed by atoms with Gasteiger partial charge in [0.05, 0.1) is 28.2 Å². The van der Waals surface area contributed by atoms with E-state index in [1.807, 2.05) is 26.0 Å². The SMILES string of the molecule is CCOC(=O)Cn1c(=NC(=O)Cc2ccc([N+](=O)[O-])cc2)sc2cc(C)c(C)cc21. The van der Waals surface area contributed by atoms with Crippen molar-refractivity contribution in [3.8, 4) is 0 Å². The highest BCUT2D eigenvalue weighted by molar-refractivity contribution is 7.16. The highest BCUT2D eigenvalue weighted by Gasteiger charge is 2.14. The van der Waals surface area contributed by atoms with E-state index in [1.54, 1.807) is 11.5 Å². The van der Waals surface area contributed by atoms with Gasteiger partial charge in [0.2, 0.25) is 0 Å². The van der Waals surface area contributed by atoms with Gasteiger partial charge in [0.15, 0.2) is 4.80 Å². The predicted molar refractivity (Wildman–Crippen MR) is 113 cm³/mol. The molecule has 156 valence electrons. The van der Waals surface area contributed by atoms with Crippen molar-refractivity contribution in [2.24, 2.45) is 4.99 Å². The van der Waals surface area contributed by atoms with E-state index in [0.29, 0.717) is 10.4 Å². The molecule has 0 N–H and O–H groups in total. The molecule has 2 aromatic carbocycles. The number of fused-ring (bicyclic) bond motifs is 1. The Morgan fingerprint density at radius 1 is 1.17 bits per heavy atom.